The molecule has 0 radical (unpaired) electrons. The number of carbonyl (C=O) groups is 1. The van der Waals surface area contributed by atoms with E-state index in [9.17, 15) is 4.79 Å². The van der Waals surface area contributed by atoms with Gasteiger partial charge in [-0.15, -0.1) is 10.2 Å². The van der Waals surface area contributed by atoms with Gasteiger partial charge in [0.15, 0.2) is 5.65 Å². The number of aromatic nitrogens is 4. The maximum atomic E-state index is 13.6. The molecule has 0 fully saturated rings. The summed E-state index contributed by atoms with van der Waals surface area (Å²) in [6.07, 6.45) is 1.67. The maximum absolute atomic E-state index is 13.6. The van der Waals surface area contributed by atoms with E-state index in [2.05, 4.69) is 15.2 Å². The Balaban J connectivity index is 1.58. The van der Waals surface area contributed by atoms with Gasteiger partial charge < -0.3 is 4.90 Å². The summed E-state index contributed by atoms with van der Waals surface area (Å²) in [5, 5.41) is 8.10. The average Bonchev–Trinajstić information content (AvgIpc) is 3.29. The second kappa shape index (κ2) is 7.40. The van der Waals surface area contributed by atoms with E-state index in [-0.39, 0.29) is 5.91 Å². The Morgan fingerprint density at radius 2 is 1.70 bits per heavy atom. The zero-order chi connectivity index (χ0) is 20.5. The van der Waals surface area contributed by atoms with Crippen LogP contribution in [0.3, 0.4) is 0 Å². The van der Waals surface area contributed by atoms with Crippen LogP contribution in [0.5, 0.6) is 0 Å². The molecule has 30 heavy (non-hydrogen) atoms. The first kappa shape index (κ1) is 18.0. The van der Waals surface area contributed by atoms with Crippen LogP contribution in [0.15, 0.2) is 85.2 Å². The summed E-state index contributed by atoms with van der Waals surface area (Å²) in [4.78, 5) is 20.0. The third-order valence-electron chi connectivity index (χ3n) is 5.14. The van der Waals surface area contributed by atoms with Crippen molar-refractivity contribution in [2.75, 3.05) is 4.90 Å². The molecule has 1 amide bonds. The first-order valence-corrected chi connectivity index (χ1v) is 9.71. The van der Waals surface area contributed by atoms with Gasteiger partial charge in [0.25, 0.3) is 5.91 Å². The highest BCUT2D eigenvalue weighted by Crippen LogP contribution is 2.23. The summed E-state index contributed by atoms with van der Waals surface area (Å²) in [5.41, 5.74) is 5.59. The van der Waals surface area contributed by atoms with E-state index in [1.807, 2.05) is 90.2 Å². The van der Waals surface area contributed by atoms with Gasteiger partial charge in [-0.3, -0.25) is 9.20 Å². The van der Waals surface area contributed by atoms with Gasteiger partial charge in [-0.05, 0) is 42.8 Å². The number of aryl methyl sites for hydroxylation is 1. The Kier molecular flexibility index (Phi) is 4.44. The number of fused-ring (bicyclic) bond motifs is 3. The van der Waals surface area contributed by atoms with Gasteiger partial charge in [-0.1, -0.05) is 48.5 Å². The molecule has 0 saturated heterocycles. The lowest BCUT2D eigenvalue weighted by Gasteiger charge is -2.23. The summed E-state index contributed by atoms with van der Waals surface area (Å²) >= 11 is 0. The normalized spacial score (nSPS) is 11.1. The molecule has 0 bridgehead atoms. The standard InChI is InChI=1S/C24H19N5O/c1-17-23-27-25-16-29(23)22-13-12-19(14-21(22)26-17)24(30)28(20-10-6-3-7-11-20)15-18-8-4-2-5-9-18/h2-14,16H,15H2,1H3. The van der Waals surface area contributed by atoms with Gasteiger partial charge in [-0.25, -0.2) is 4.98 Å². The van der Waals surface area contributed by atoms with Crippen LogP contribution in [0, 0.1) is 6.92 Å². The highest BCUT2D eigenvalue weighted by Gasteiger charge is 2.19. The van der Waals surface area contributed by atoms with Crippen molar-refractivity contribution in [1.29, 1.82) is 0 Å². The number of hydrogen-bond acceptors (Lipinski definition) is 4. The fourth-order valence-electron chi connectivity index (χ4n) is 3.65. The molecule has 5 rings (SSSR count). The molecule has 0 N–H and O–H groups in total. The van der Waals surface area contributed by atoms with E-state index >= 15 is 0 Å². The first-order valence-electron chi connectivity index (χ1n) is 9.71. The number of hydrogen-bond donors (Lipinski definition) is 0. The van der Waals surface area contributed by atoms with E-state index in [0.29, 0.717) is 12.1 Å². The summed E-state index contributed by atoms with van der Waals surface area (Å²) in [5.74, 6) is -0.0738. The Bertz CT molecular complexity index is 1350. The minimum Gasteiger partial charge on any atom is -0.304 e. The molecule has 0 aliphatic heterocycles. The zero-order valence-electron chi connectivity index (χ0n) is 16.4. The minimum atomic E-state index is -0.0738. The van der Waals surface area contributed by atoms with Crippen molar-refractivity contribution < 1.29 is 4.79 Å². The van der Waals surface area contributed by atoms with Crippen molar-refractivity contribution in [3.8, 4) is 0 Å². The Morgan fingerprint density at radius 1 is 0.967 bits per heavy atom. The molecule has 0 aliphatic carbocycles. The molecule has 3 aromatic carbocycles. The highest BCUT2D eigenvalue weighted by atomic mass is 16.2. The fourth-order valence-corrected chi connectivity index (χ4v) is 3.65. The lowest BCUT2D eigenvalue weighted by molar-refractivity contribution is 0.0985. The smallest absolute Gasteiger partial charge is 0.258 e. The van der Waals surface area contributed by atoms with Gasteiger partial charge in [0, 0.05) is 11.3 Å². The summed E-state index contributed by atoms with van der Waals surface area (Å²) in [6, 6.07) is 25.3. The highest BCUT2D eigenvalue weighted by molar-refractivity contribution is 6.07. The molecule has 0 aliphatic rings. The molecular formula is C24H19N5O. The van der Waals surface area contributed by atoms with Crippen molar-refractivity contribution in [2.45, 2.75) is 13.5 Å². The molecule has 0 atom stereocenters. The summed E-state index contributed by atoms with van der Waals surface area (Å²) < 4.78 is 1.89. The number of benzene rings is 3. The summed E-state index contributed by atoms with van der Waals surface area (Å²) in [6.45, 7) is 2.38. The molecule has 0 saturated carbocycles. The van der Waals surface area contributed by atoms with Crippen LogP contribution in [-0.4, -0.2) is 25.5 Å². The maximum Gasteiger partial charge on any atom is 0.258 e. The monoisotopic (exact) mass is 393 g/mol. The molecule has 146 valence electrons. The van der Waals surface area contributed by atoms with E-state index in [4.69, 9.17) is 0 Å². The van der Waals surface area contributed by atoms with E-state index in [1.165, 1.54) is 0 Å². The quantitative estimate of drug-likeness (QED) is 0.453. The number of amides is 1. The third-order valence-corrected chi connectivity index (χ3v) is 5.14. The SMILES string of the molecule is Cc1nc2cc(C(=O)N(Cc3ccccc3)c3ccccc3)ccc2n2cnnc12. The topological polar surface area (TPSA) is 63.4 Å². The molecule has 6 nitrogen and oxygen atoms in total. The molecular weight excluding hydrogens is 374 g/mol. The Labute approximate surface area is 173 Å². The van der Waals surface area contributed by atoms with Crippen molar-refractivity contribution in [3.05, 3.63) is 102 Å². The molecule has 0 unspecified atom stereocenters. The molecule has 6 heteroatoms. The van der Waals surface area contributed by atoms with Crippen molar-refractivity contribution in [1.82, 2.24) is 19.6 Å². The second-order valence-corrected chi connectivity index (χ2v) is 7.14. The van der Waals surface area contributed by atoms with Crippen LogP contribution in [0.2, 0.25) is 0 Å². The van der Waals surface area contributed by atoms with Gasteiger partial charge >= 0.3 is 0 Å². The van der Waals surface area contributed by atoms with Gasteiger partial charge in [0.2, 0.25) is 0 Å². The Hall–Kier alpha value is -4.06. The Morgan fingerprint density at radius 3 is 2.47 bits per heavy atom. The van der Waals surface area contributed by atoms with Crippen LogP contribution >= 0.6 is 0 Å². The van der Waals surface area contributed by atoms with Gasteiger partial charge in [0.05, 0.1) is 23.3 Å². The van der Waals surface area contributed by atoms with E-state index < -0.39 is 0 Å². The van der Waals surface area contributed by atoms with Crippen LogP contribution in [0.1, 0.15) is 21.6 Å². The average molecular weight is 393 g/mol. The van der Waals surface area contributed by atoms with Crippen LogP contribution in [0.25, 0.3) is 16.7 Å². The predicted molar refractivity (Wildman–Crippen MR) is 116 cm³/mol. The van der Waals surface area contributed by atoms with Crippen LogP contribution in [0.4, 0.5) is 5.69 Å². The minimum absolute atomic E-state index is 0.0738. The predicted octanol–water partition coefficient (Wildman–Crippen LogP) is 4.43. The number of carbonyl (C=O) groups excluding carboxylic acids is 1. The van der Waals surface area contributed by atoms with Crippen LogP contribution < -0.4 is 4.90 Å². The zero-order valence-corrected chi connectivity index (χ0v) is 16.4. The molecule has 5 aromatic rings. The largest absolute Gasteiger partial charge is 0.304 e. The number of rotatable bonds is 4. The van der Waals surface area contributed by atoms with E-state index in [1.54, 1.807) is 11.2 Å². The second-order valence-electron chi connectivity index (χ2n) is 7.14. The third kappa shape index (κ3) is 3.18. The fraction of sp³-hybridized carbons (Fsp3) is 0.0833. The van der Waals surface area contributed by atoms with Crippen LogP contribution in [-0.2, 0) is 6.54 Å². The van der Waals surface area contributed by atoms with Gasteiger partial charge in [-0.2, -0.15) is 0 Å². The van der Waals surface area contributed by atoms with E-state index in [0.717, 1.165) is 33.6 Å². The lowest BCUT2D eigenvalue weighted by Crippen LogP contribution is -2.30. The van der Waals surface area contributed by atoms with Crippen molar-refractivity contribution in [2.24, 2.45) is 0 Å². The number of anilines is 1. The molecule has 2 aromatic heterocycles. The molecule has 2 heterocycles. The summed E-state index contributed by atoms with van der Waals surface area (Å²) in [7, 11) is 0. The van der Waals surface area contributed by atoms with Crippen molar-refractivity contribution >= 4 is 28.3 Å². The lowest BCUT2D eigenvalue weighted by atomic mass is 10.1. The van der Waals surface area contributed by atoms with Gasteiger partial charge in [0.1, 0.15) is 6.33 Å². The number of nitrogens with zero attached hydrogens (tertiary/aromatic N) is 5. The first-order chi connectivity index (χ1) is 14.7. The van der Waals surface area contributed by atoms with Crippen molar-refractivity contribution in [3.63, 3.8) is 0 Å². The molecule has 0 spiro atoms. The number of para-hydroxylation sites is 1.